The second-order valence-electron chi connectivity index (χ2n) is 2.31. The van der Waals surface area contributed by atoms with Crippen molar-refractivity contribution in [1.29, 1.82) is 0 Å². The van der Waals surface area contributed by atoms with E-state index in [0.29, 0.717) is 5.75 Å². The molecule has 0 radical (unpaired) electrons. The second-order valence-corrected chi connectivity index (χ2v) is 2.94. The number of aryl methyl sites for hydroxylation is 1. The SMILES string of the molecule is CCc1ccc(O[SH](=O)=O)cc1.[Zn]. The monoisotopic (exact) mass is 250 g/mol. The number of hydrogen-bond donors (Lipinski definition) is 1. The van der Waals surface area contributed by atoms with Gasteiger partial charge >= 0.3 is 0 Å². The Hall–Kier alpha value is -0.407. The quantitative estimate of drug-likeness (QED) is 0.647. The zero-order valence-corrected chi connectivity index (χ0v) is 11.3. The Morgan fingerprint density at radius 2 is 1.77 bits per heavy atom. The molecule has 0 unspecified atom stereocenters. The molecule has 0 aromatic heterocycles. The average molecular weight is 252 g/mol. The maximum atomic E-state index is 10.1. The Kier molecular flexibility index (Phi) is 5.92. The van der Waals surface area contributed by atoms with Gasteiger partial charge in [-0.15, -0.1) is 0 Å². The molecule has 0 N–H and O–H groups in total. The minimum absolute atomic E-state index is 0. The summed E-state index contributed by atoms with van der Waals surface area (Å²) in [7, 11) is -2.79. The molecule has 68 valence electrons. The van der Waals surface area contributed by atoms with Gasteiger partial charge < -0.3 is 4.18 Å². The second kappa shape index (κ2) is 6.11. The Balaban J connectivity index is 0.00000144. The Morgan fingerprint density at radius 3 is 2.15 bits per heavy atom. The van der Waals surface area contributed by atoms with Crippen LogP contribution >= 0.6 is 0 Å². The van der Waals surface area contributed by atoms with E-state index in [4.69, 9.17) is 0 Å². The number of rotatable bonds is 3. The van der Waals surface area contributed by atoms with Gasteiger partial charge in [0.25, 0.3) is 11.0 Å². The number of benzene rings is 1. The molecule has 1 aromatic rings. The molecule has 0 fully saturated rings. The molecule has 3 nitrogen and oxygen atoms in total. The molecule has 1 rings (SSSR count). The number of thiol groups is 1. The first-order valence-electron chi connectivity index (χ1n) is 3.63. The van der Waals surface area contributed by atoms with Gasteiger partial charge in [0.15, 0.2) is 0 Å². The maximum absolute atomic E-state index is 10.1. The summed E-state index contributed by atoms with van der Waals surface area (Å²) in [4.78, 5) is 0. The molecule has 0 amide bonds. The molecule has 0 saturated heterocycles. The molecular weight excluding hydrogens is 242 g/mol. The van der Waals surface area contributed by atoms with Crippen LogP contribution in [0, 0.1) is 0 Å². The van der Waals surface area contributed by atoms with Crippen LogP contribution in [-0.2, 0) is 36.9 Å². The molecule has 0 heterocycles. The summed E-state index contributed by atoms with van der Waals surface area (Å²) in [6.07, 6.45) is 0.934. The van der Waals surface area contributed by atoms with Gasteiger partial charge in [-0.3, -0.25) is 0 Å². The number of hydrogen-bond acceptors (Lipinski definition) is 3. The van der Waals surface area contributed by atoms with Crippen LogP contribution < -0.4 is 4.18 Å². The zero-order valence-electron chi connectivity index (χ0n) is 7.40. The van der Waals surface area contributed by atoms with Crippen molar-refractivity contribution in [2.45, 2.75) is 13.3 Å². The Bertz CT molecular complexity index is 311. The van der Waals surface area contributed by atoms with Crippen molar-refractivity contribution in [3.05, 3.63) is 29.8 Å². The van der Waals surface area contributed by atoms with Crippen LogP contribution in [0.2, 0.25) is 0 Å². The smallest absolute Gasteiger partial charge is 0.299 e. The van der Waals surface area contributed by atoms with Crippen LogP contribution in [-0.4, -0.2) is 8.42 Å². The van der Waals surface area contributed by atoms with Gasteiger partial charge in [0.2, 0.25) is 0 Å². The van der Waals surface area contributed by atoms with Crippen LogP contribution in [0.25, 0.3) is 0 Å². The van der Waals surface area contributed by atoms with Gasteiger partial charge in [0.05, 0.1) is 0 Å². The van der Waals surface area contributed by atoms with Crippen LogP contribution in [0.4, 0.5) is 0 Å². The molecule has 13 heavy (non-hydrogen) atoms. The van der Waals surface area contributed by atoms with Crippen LogP contribution in [0.3, 0.4) is 0 Å². The van der Waals surface area contributed by atoms with Crippen molar-refractivity contribution in [1.82, 2.24) is 0 Å². The zero-order chi connectivity index (χ0) is 8.97. The molecule has 0 aliphatic rings. The van der Waals surface area contributed by atoms with E-state index in [1.807, 2.05) is 19.1 Å². The van der Waals surface area contributed by atoms with E-state index in [0.717, 1.165) is 12.0 Å². The summed E-state index contributed by atoms with van der Waals surface area (Å²) >= 11 is 0. The van der Waals surface area contributed by atoms with Gasteiger partial charge in [-0.05, 0) is 24.1 Å². The molecule has 0 atom stereocenters. The van der Waals surface area contributed by atoms with E-state index in [2.05, 4.69) is 4.18 Å². The third-order valence-electron chi connectivity index (χ3n) is 1.51. The van der Waals surface area contributed by atoms with Crippen molar-refractivity contribution in [2.75, 3.05) is 0 Å². The van der Waals surface area contributed by atoms with Crippen molar-refractivity contribution >= 4 is 11.0 Å². The van der Waals surface area contributed by atoms with Crippen molar-refractivity contribution in [3.63, 3.8) is 0 Å². The molecule has 0 aliphatic heterocycles. The Labute approximate surface area is 92.0 Å². The van der Waals surface area contributed by atoms with E-state index in [1.165, 1.54) is 0 Å². The summed E-state index contributed by atoms with van der Waals surface area (Å²) in [6.45, 7) is 2.03. The normalized spacial score (nSPS) is 9.38. The predicted octanol–water partition coefficient (Wildman–Crippen LogP) is 1.15. The third-order valence-corrected chi connectivity index (χ3v) is 1.87. The van der Waals surface area contributed by atoms with Crippen LogP contribution in [0.15, 0.2) is 24.3 Å². The fraction of sp³-hybridized carbons (Fsp3) is 0.250. The van der Waals surface area contributed by atoms with Gasteiger partial charge in [0.1, 0.15) is 5.75 Å². The first-order valence-corrected chi connectivity index (χ1v) is 4.73. The van der Waals surface area contributed by atoms with Gasteiger partial charge in [-0.2, -0.15) is 8.42 Å². The summed E-state index contributed by atoms with van der Waals surface area (Å²) in [5.41, 5.74) is 1.16. The predicted molar refractivity (Wildman–Crippen MR) is 46.8 cm³/mol. The molecule has 1 aromatic carbocycles. The molecule has 0 aliphatic carbocycles. The fourth-order valence-corrected chi connectivity index (χ4v) is 1.17. The topological polar surface area (TPSA) is 43.4 Å². The van der Waals surface area contributed by atoms with Crippen molar-refractivity contribution in [2.24, 2.45) is 0 Å². The molecule has 0 spiro atoms. The molecule has 0 bridgehead atoms. The first kappa shape index (κ1) is 12.6. The van der Waals surface area contributed by atoms with Gasteiger partial charge in [-0.1, -0.05) is 19.1 Å². The van der Waals surface area contributed by atoms with Crippen LogP contribution in [0.5, 0.6) is 5.75 Å². The summed E-state index contributed by atoms with van der Waals surface area (Å²) in [6, 6.07) is 6.97. The van der Waals surface area contributed by atoms with Gasteiger partial charge in [0, 0.05) is 19.5 Å². The third kappa shape index (κ3) is 4.39. The average Bonchev–Trinajstić information content (AvgIpc) is 2.05. The standard InChI is InChI=1S/C8H10O3S.Zn/c1-2-7-3-5-8(6-4-7)11-12(9)10;/h3-6,12H,2H2,1H3;. The largest absolute Gasteiger partial charge is 0.384 e. The van der Waals surface area contributed by atoms with E-state index < -0.39 is 11.0 Å². The molecule has 0 saturated carbocycles. The first-order chi connectivity index (χ1) is 5.72. The summed E-state index contributed by atoms with van der Waals surface area (Å²) in [5.74, 6) is 0.364. The van der Waals surface area contributed by atoms with Crippen molar-refractivity contribution < 1.29 is 32.1 Å². The van der Waals surface area contributed by atoms with E-state index in [-0.39, 0.29) is 19.5 Å². The van der Waals surface area contributed by atoms with Crippen LogP contribution in [0.1, 0.15) is 12.5 Å². The Morgan fingerprint density at radius 1 is 1.23 bits per heavy atom. The summed E-state index contributed by atoms with van der Waals surface area (Å²) < 4.78 is 24.7. The molecular formula is C8H10O3SZn. The van der Waals surface area contributed by atoms with E-state index in [1.54, 1.807) is 12.1 Å². The minimum atomic E-state index is -2.79. The van der Waals surface area contributed by atoms with Gasteiger partial charge in [-0.25, -0.2) is 0 Å². The fourth-order valence-electron chi connectivity index (χ4n) is 0.872. The summed E-state index contributed by atoms with van der Waals surface area (Å²) in [5, 5.41) is 0. The molecule has 5 heteroatoms. The van der Waals surface area contributed by atoms with E-state index in [9.17, 15) is 8.42 Å². The van der Waals surface area contributed by atoms with E-state index >= 15 is 0 Å². The maximum Gasteiger partial charge on any atom is 0.299 e. The van der Waals surface area contributed by atoms with Crippen molar-refractivity contribution in [3.8, 4) is 5.75 Å². The minimum Gasteiger partial charge on any atom is -0.384 e.